The lowest BCUT2D eigenvalue weighted by atomic mass is 10.1. The Balaban J connectivity index is 1.46. The molecule has 0 amide bonds. The summed E-state index contributed by atoms with van der Waals surface area (Å²) in [4.78, 5) is 5.01. The molecule has 0 aliphatic rings. The molecule has 3 aromatic heterocycles. The smallest absolute Gasteiger partial charge is 0.283 e. The van der Waals surface area contributed by atoms with E-state index in [-0.39, 0.29) is 0 Å². The number of benzene rings is 1. The van der Waals surface area contributed by atoms with Gasteiger partial charge in [0.1, 0.15) is 0 Å². The molecule has 3 heterocycles. The van der Waals surface area contributed by atoms with Crippen LogP contribution in [0.1, 0.15) is 21.2 Å². The van der Waals surface area contributed by atoms with Crippen LogP contribution < -0.4 is 0 Å². The molecule has 1 aromatic carbocycles. The Morgan fingerprint density at radius 3 is 2.59 bits per heavy atom. The second-order valence-corrected chi connectivity index (χ2v) is 7.81. The molecule has 6 heteroatoms. The lowest BCUT2D eigenvalue weighted by Crippen LogP contribution is -2.25. The zero-order valence-electron chi connectivity index (χ0n) is 15.2. The van der Waals surface area contributed by atoms with Crippen molar-refractivity contribution in [3.05, 3.63) is 82.1 Å². The van der Waals surface area contributed by atoms with Gasteiger partial charge in [-0.1, -0.05) is 30.3 Å². The fraction of sp³-hybridized carbons (Fsp3) is 0.238. The average Bonchev–Trinajstić information content (AvgIpc) is 3.43. The molecule has 0 fully saturated rings. The van der Waals surface area contributed by atoms with Crippen LogP contribution in [0.4, 0.5) is 0 Å². The minimum atomic E-state index is 0.421. The quantitative estimate of drug-likeness (QED) is 0.434. The molecule has 0 atom stereocenters. The van der Waals surface area contributed by atoms with Crippen LogP contribution in [-0.2, 0) is 19.5 Å². The summed E-state index contributed by atoms with van der Waals surface area (Å²) in [7, 11) is 0. The summed E-state index contributed by atoms with van der Waals surface area (Å²) in [5.41, 5.74) is 1.33. The number of thiophene rings is 1. The summed E-state index contributed by atoms with van der Waals surface area (Å²) < 4.78 is 11.1. The standard InChI is InChI=1S/C21H21N3O2S/c1-16-9-10-18(27-16)14-24(12-11-17-6-3-2-4-7-17)15-20-22-23-21(26-20)19-8-5-13-25-19/h2-10,13H,11-12,14-15H2,1H3. The zero-order valence-corrected chi connectivity index (χ0v) is 16.0. The van der Waals surface area contributed by atoms with Crippen molar-refractivity contribution in [1.82, 2.24) is 15.1 Å². The van der Waals surface area contributed by atoms with E-state index in [0.29, 0.717) is 24.1 Å². The van der Waals surface area contributed by atoms with Gasteiger partial charge in [0.2, 0.25) is 5.89 Å². The van der Waals surface area contributed by atoms with E-state index in [2.05, 4.69) is 58.4 Å². The maximum Gasteiger partial charge on any atom is 0.283 e. The molecule has 0 unspecified atom stereocenters. The highest BCUT2D eigenvalue weighted by Crippen LogP contribution is 2.21. The molecule has 0 aliphatic heterocycles. The van der Waals surface area contributed by atoms with E-state index in [1.165, 1.54) is 15.3 Å². The first-order valence-corrected chi connectivity index (χ1v) is 9.76. The number of furan rings is 1. The Labute approximate surface area is 162 Å². The second kappa shape index (κ2) is 8.33. The predicted molar refractivity (Wildman–Crippen MR) is 105 cm³/mol. The van der Waals surface area contributed by atoms with Gasteiger partial charge in [0.05, 0.1) is 12.8 Å². The topological polar surface area (TPSA) is 55.3 Å². The highest BCUT2D eigenvalue weighted by atomic mass is 32.1. The van der Waals surface area contributed by atoms with E-state index in [0.717, 1.165) is 19.5 Å². The first-order valence-electron chi connectivity index (χ1n) is 8.94. The first kappa shape index (κ1) is 17.7. The highest BCUT2D eigenvalue weighted by Gasteiger charge is 2.15. The van der Waals surface area contributed by atoms with Gasteiger partial charge in [0, 0.05) is 22.8 Å². The molecule has 0 aliphatic carbocycles. The Bertz CT molecular complexity index is 960. The highest BCUT2D eigenvalue weighted by molar-refractivity contribution is 7.11. The van der Waals surface area contributed by atoms with Crippen LogP contribution in [0, 0.1) is 6.92 Å². The van der Waals surface area contributed by atoms with Crippen LogP contribution in [-0.4, -0.2) is 21.6 Å². The number of rotatable bonds is 8. The molecule has 4 rings (SSSR count). The van der Waals surface area contributed by atoms with E-state index >= 15 is 0 Å². The van der Waals surface area contributed by atoms with Crippen LogP contribution in [0.2, 0.25) is 0 Å². The molecule has 5 nitrogen and oxygen atoms in total. The molecule has 27 heavy (non-hydrogen) atoms. The van der Waals surface area contributed by atoms with Gasteiger partial charge in [-0.25, -0.2) is 0 Å². The Morgan fingerprint density at radius 1 is 0.963 bits per heavy atom. The van der Waals surface area contributed by atoms with Crippen molar-refractivity contribution in [1.29, 1.82) is 0 Å². The second-order valence-electron chi connectivity index (χ2n) is 6.44. The van der Waals surface area contributed by atoms with Crippen LogP contribution in [0.3, 0.4) is 0 Å². The third-order valence-electron chi connectivity index (χ3n) is 4.29. The van der Waals surface area contributed by atoms with Gasteiger partial charge in [-0.05, 0) is 43.2 Å². The maximum absolute atomic E-state index is 5.80. The normalized spacial score (nSPS) is 11.3. The molecule has 138 valence electrons. The van der Waals surface area contributed by atoms with Gasteiger partial charge in [-0.3, -0.25) is 4.90 Å². The molecule has 0 bridgehead atoms. The van der Waals surface area contributed by atoms with Crippen LogP contribution in [0.25, 0.3) is 11.7 Å². The minimum Gasteiger partial charge on any atom is -0.459 e. The zero-order chi connectivity index (χ0) is 18.5. The lowest BCUT2D eigenvalue weighted by molar-refractivity contribution is 0.236. The monoisotopic (exact) mass is 379 g/mol. The molecule has 0 spiro atoms. The molecular weight excluding hydrogens is 358 g/mol. The summed E-state index contributed by atoms with van der Waals surface area (Å²) in [6.45, 7) is 4.52. The number of hydrogen-bond donors (Lipinski definition) is 0. The fourth-order valence-electron chi connectivity index (χ4n) is 2.95. The molecule has 0 saturated carbocycles. The summed E-state index contributed by atoms with van der Waals surface area (Å²) in [6.07, 6.45) is 2.58. The number of aromatic nitrogens is 2. The molecule has 4 aromatic rings. The van der Waals surface area contributed by atoms with Gasteiger partial charge in [0.15, 0.2) is 5.76 Å². The molecule has 0 N–H and O–H groups in total. The van der Waals surface area contributed by atoms with Gasteiger partial charge in [0.25, 0.3) is 5.89 Å². The Kier molecular flexibility index (Phi) is 5.46. The fourth-order valence-corrected chi connectivity index (χ4v) is 3.88. The molecule has 0 saturated heterocycles. The third kappa shape index (κ3) is 4.72. The first-order chi connectivity index (χ1) is 13.3. The minimum absolute atomic E-state index is 0.421. The van der Waals surface area contributed by atoms with Crippen molar-refractivity contribution < 1.29 is 8.83 Å². The number of hydrogen-bond acceptors (Lipinski definition) is 6. The van der Waals surface area contributed by atoms with Crippen molar-refractivity contribution in [2.75, 3.05) is 6.54 Å². The third-order valence-corrected chi connectivity index (χ3v) is 5.28. The predicted octanol–water partition coefficient (Wildman–Crippen LogP) is 4.94. The van der Waals surface area contributed by atoms with E-state index < -0.39 is 0 Å². The van der Waals surface area contributed by atoms with Crippen molar-refractivity contribution in [2.24, 2.45) is 0 Å². The summed E-state index contributed by atoms with van der Waals surface area (Å²) in [6, 6.07) is 18.5. The van der Waals surface area contributed by atoms with Crippen molar-refractivity contribution >= 4 is 11.3 Å². The Hall–Kier alpha value is -2.70. The average molecular weight is 379 g/mol. The molecular formula is C21H21N3O2S. The number of nitrogens with zero attached hydrogens (tertiary/aromatic N) is 3. The SMILES string of the molecule is Cc1ccc(CN(CCc2ccccc2)Cc2nnc(-c3ccco3)o2)s1. The van der Waals surface area contributed by atoms with E-state index in [1.807, 2.05) is 29.5 Å². The number of aryl methyl sites for hydroxylation is 1. The van der Waals surface area contributed by atoms with E-state index in [9.17, 15) is 0 Å². The van der Waals surface area contributed by atoms with Crippen molar-refractivity contribution in [3.8, 4) is 11.7 Å². The largest absolute Gasteiger partial charge is 0.459 e. The molecule has 0 radical (unpaired) electrons. The summed E-state index contributed by atoms with van der Waals surface area (Å²) in [5, 5.41) is 8.31. The van der Waals surface area contributed by atoms with Crippen molar-refractivity contribution in [2.45, 2.75) is 26.4 Å². The lowest BCUT2D eigenvalue weighted by Gasteiger charge is -2.19. The van der Waals surface area contributed by atoms with E-state index in [4.69, 9.17) is 8.83 Å². The van der Waals surface area contributed by atoms with Gasteiger partial charge in [-0.2, -0.15) is 0 Å². The van der Waals surface area contributed by atoms with Crippen LogP contribution >= 0.6 is 11.3 Å². The van der Waals surface area contributed by atoms with Gasteiger partial charge < -0.3 is 8.83 Å². The van der Waals surface area contributed by atoms with Crippen molar-refractivity contribution in [3.63, 3.8) is 0 Å². The van der Waals surface area contributed by atoms with Gasteiger partial charge in [-0.15, -0.1) is 21.5 Å². The maximum atomic E-state index is 5.80. The van der Waals surface area contributed by atoms with Crippen LogP contribution in [0.15, 0.2) is 69.7 Å². The van der Waals surface area contributed by atoms with Crippen LogP contribution in [0.5, 0.6) is 0 Å². The summed E-state index contributed by atoms with van der Waals surface area (Å²) in [5.74, 6) is 1.62. The van der Waals surface area contributed by atoms with E-state index in [1.54, 1.807) is 6.26 Å². The summed E-state index contributed by atoms with van der Waals surface area (Å²) >= 11 is 1.83. The van der Waals surface area contributed by atoms with Gasteiger partial charge >= 0.3 is 0 Å². The Morgan fingerprint density at radius 2 is 1.85 bits per heavy atom.